The van der Waals surface area contributed by atoms with E-state index in [1.165, 1.54) is 0 Å². The third kappa shape index (κ3) is 2.93. The molecule has 0 radical (unpaired) electrons. The van der Waals surface area contributed by atoms with Gasteiger partial charge >= 0.3 is 5.97 Å². The van der Waals surface area contributed by atoms with Crippen molar-refractivity contribution in [3.63, 3.8) is 0 Å². The Labute approximate surface area is 125 Å². The van der Waals surface area contributed by atoms with E-state index < -0.39 is 5.97 Å². The van der Waals surface area contributed by atoms with Crippen LogP contribution < -0.4 is 0 Å². The van der Waals surface area contributed by atoms with Gasteiger partial charge in [-0.2, -0.15) is 0 Å². The van der Waals surface area contributed by atoms with E-state index in [0.717, 1.165) is 15.6 Å². The summed E-state index contributed by atoms with van der Waals surface area (Å²) in [6.07, 6.45) is 0.560. The van der Waals surface area contributed by atoms with Gasteiger partial charge < -0.3 is 9.63 Å². The molecule has 1 N–H and O–H groups in total. The molecule has 0 fully saturated rings. The molecule has 0 amide bonds. The van der Waals surface area contributed by atoms with Gasteiger partial charge in [-0.1, -0.05) is 41.0 Å². The summed E-state index contributed by atoms with van der Waals surface area (Å²) in [5, 5.41) is 13.4. The molecular weight excluding hydrogens is 322 g/mol. The van der Waals surface area contributed by atoms with Gasteiger partial charge in [-0.05, 0) is 30.5 Å². The van der Waals surface area contributed by atoms with Crippen LogP contribution in [0.5, 0.6) is 0 Å². The molecule has 5 heteroatoms. The highest BCUT2D eigenvalue weighted by atomic mass is 79.9. The Balaban J connectivity index is 2.53. The molecule has 0 aliphatic heterocycles. The topological polar surface area (TPSA) is 63.3 Å². The summed E-state index contributed by atoms with van der Waals surface area (Å²) in [7, 11) is 0. The number of nitrogens with zero attached hydrogens (tertiary/aromatic N) is 1. The van der Waals surface area contributed by atoms with Crippen molar-refractivity contribution in [1.82, 2.24) is 5.16 Å². The molecule has 0 atom stereocenters. The van der Waals surface area contributed by atoms with Crippen molar-refractivity contribution in [3.8, 4) is 11.3 Å². The fraction of sp³-hybridized carbons (Fsp3) is 0.333. The quantitative estimate of drug-likeness (QED) is 0.902. The number of carboxylic acids is 1. The number of hydrogen-bond acceptors (Lipinski definition) is 3. The molecule has 1 aromatic carbocycles. The second-order valence-corrected chi connectivity index (χ2v) is 6.05. The summed E-state index contributed by atoms with van der Waals surface area (Å²) >= 11 is 3.43. The van der Waals surface area contributed by atoms with Gasteiger partial charge in [0.15, 0.2) is 5.76 Å². The molecular formula is C15H16BrNO3. The van der Waals surface area contributed by atoms with Crippen molar-refractivity contribution in [3.05, 3.63) is 39.6 Å². The maximum Gasteiger partial charge on any atom is 0.341 e. The van der Waals surface area contributed by atoms with E-state index in [1.54, 1.807) is 0 Å². The molecule has 106 valence electrons. The molecule has 0 spiro atoms. The van der Waals surface area contributed by atoms with Crippen LogP contribution in [0.4, 0.5) is 0 Å². The van der Waals surface area contributed by atoms with Crippen LogP contribution in [-0.4, -0.2) is 16.2 Å². The highest BCUT2D eigenvalue weighted by Gasteiger charge is 2.24. The van der Waals surface area contributed by atoms with E-state index in [9.17, 15) is 9.90 Å². The Morgan fingerprint density at radius 2 is 2.15 bits per heavy atom. The zero-order valence-electron chi connectivity index (χ0n) is 11.6. The fourth-order valence-corrected chi connectivity index (χ4v) is 2.29. The van der Waals surface area contributed by atoms with Crippen LogP contribution >= 0.6 is 15.9 Å². The number of benzene rings is 1. The standard InChI is InChI=1S/C15H16BrNO3/c1-8(2)6-12-13(15(18)19)14(17-20-12)10-4-5-11(16)9(3)7-10/h4-5,7-8H,6H2,1-3H3,(H,18,19). The van der Waals surface area contributed by atoms with Gasteiger partial charge in [0, 0.05) is 16.5 Å². The predicted molar refractivity (Wildman–Crippen MR) is 79.9 cm³/mol. The number of aromatic nitrogens is 1. The molecule has 0 aliphatic carbocycles. The third-order valence-corrected chi connectivity index (χ3v) is 3.89. The number of carbonyl (C=O) groups is 1. The molecule has 2 rings (SSSR count). The lowest BCUT2D eigenvalue weighted by atomic mass is 10.0. The van der Waals surface area contributed by atoms with Gasteiger partial charge in [-0.25, -0.2) is 4.79 Å². The summed E-state index contributed by atoms with van der Waals surface area (Å²) < 4.78 is 6.23. The minimum atomic E-state index is -1.00. The van der Waals surface area contributed by atoms with Gasteiger partial charge in [0.1, 0.15) is 11.3 Å². The number of aryl methyl sites for hydroxylation is 1. The minimum Gasteiger partial charge on any atom is -0.477 e. The second kappa shape index (κ2) is 5.79. The van der Waals surface area contributed by atoms with Crippen molar-refractivity contribution in [1.29, 1.82) is 0 Å². The van der Waals surface area contributed by atoms with Crippen LogP contribution in [-0.2, 0) is 6.42 Å². The summed E-state index contributed by atoms with van der Waals surface area (Å²) in [6, 6.07) is 5.61. The highest BCUT2D eigenvalue weighted by molar-refractivity contribution is 9.10. The largest absolute Gasteiger partial charge is 0.477 e. The lowest BCUT2D eigenvalue weighted by molar-refractivity contribution is 0.0695. The molecule has 2 aromatic rings. The molecule has 4 nitrogen and oxygen atoms in total. The smallest absolute Gasteiger partial charge is 0.341 e. The summed E-state index contributed by atoms with van der Waals surface area (Å²) in [5.74, 6) is -0.263. The number of rotatable bonds is 4. The molecule has 0 unspecified atom stereocenters. The molecule has 0 saturated carbocycles. The molecule has 0 bridgehead atoms. The van der Waals surface area contributed by atoms with Crippen LogP contribution in [0.15, 0.2) is 27.2 Å². The molecule has 0 saturated heterocycles. The molecule has 20 heavy (non-hydrogen) atoms. The average molecular weight is 338 g/mol. The normalized spacial score (nSPS) is 11.1. The summed E-state index contributed by atoms with van der Waals surface area (Å²) in [6.45, 7) is 5.97. The Morgan fingerprint density at radius 1 is 1.45 bits per heavy atom. The average Bonchev–Trinajstić information content (AvgIpc) is 2.75. The lowest BCUT2D eigenvalue weighted by Gasteiger charge is -2.04. The Hall–Kier alpha value is -1.62. The first-order valence-electron chi connectivity index (χ1n) is 6.38. The Morgan fingerprint density at radius 3 is 2.70 bits per heavy atom. The zero-order chi connectivity index (χ0) is 14.9. The van der Waals surface area contributed by atoms with Gasteiger partial charge in [-0.3, -0.25) is 0 Å². The van der Waals surface area contributed by atoms with Gasteiger partial charge in [0.2, 0.25) is 0 Å². The SMILES string of the molecule is Cc1cc(-c2noc(CC(C)C)c2C(=O)O)ccc1Br. The minimum absolute atomic E-state index is 0.167. The first-order valence-corrected chi connectivity index (χ1v) is 7.17. The van der Waals surface area contributed by atoms with Crippen molar-refractivity contribution in [2.75, 3.05) is 0 Å². The molecule has 1 heterocycles. The monoisotopic (exact) mass is 337 g/mol. The third-order valence-electron chi connectivity index (χ3n) is 3.00. The van der Waals surface area contributed by atoms with E-state index >= 15 is 0 Å². The van der Waals surface area contributed by atoms with E-state index in [0.29, 0.717) is 23.8 Å². The van der Waals surface area contributed by atoms with Crippen molar-refractivity contribution >= 4 is 21.9 Å². The maximum absolute atomic E-state index is 11.5. The Kier molecular flexibility index (Phi) is 4.28. The van der Waals surface area contributed by atoms with Crippen LogP contribution in [0.1, 0.15) is 35.5 Å². The van der Waals surface area contributed by atoms with Gasteiger partial charge in [0.25, 0.3) is 0 Å². The summed E-state index contributed by atoms with van der Waals surface area (Å²) in [4.78, 5) is 11.5. The van der Waals surface area contributed by atoms with Crippen LogP contribution in [0.3, 0.4) is 0 Å². The van der Waals surface area contributed by atoms with Crippen LogP contribution in [0, 0.1) is 12.8 Å². The summed E-state index contributed by atoms with van der Waals surface area (Å²) in [5.41, 5.74) is 2.33. The van der Waals surface area contributed by atoms with Crippen molar-refractivity contribution in [2.24, 2.45) is 5.92 Å². The van der Waals surface area contributed by atoms with Crippen molar-refractivity contribution in [2.45, 2.75) is 27.2 Å². The molecule has 1 aromatic heterocycles. The van der Waals surface area contributed by atoms with E-state index in [2.05, 4.69) is 21.1 Å². The first kappa shape index (κ1) is 14.8. The van der Waals surface area contributed by atoms with Crippen LogP contribution in [0.2, 0.25) is 0 Å². The first-order chi connectivity index (χ1) is 9.40. The van der Waals surface area contributed by atoms with E-state index in [-0.39, 0.29) is 5.56 Å². The van der Waals surface area contributed by atoms with Gasteiger partial charge in [0.05, 0.1) is 0 Å². The zero-order valence-corrected chi connectivity index (χ0v) is 13.2. The Bertz CT molecular complexity index is 647. The maximum atomic E-state index is 11.5. The number of hydrogen-bond donors (Lipinski definition) is 1. The predicted octanol–water partition coefficient (Wildman–Crippen LogP) is 4.31. The van der Waals surface area contributed by atoms with Crippen molar-refractivity contribution < 1.29 is 14.4 Å². The number of carboxylic acid groups (broad SMARTS) is 1. The highest BCUT2D eigenvalue weighted by Crippen LogP contribution is 2.29. The molecule has 0 aliphatic rings. The second-order valence-electron chi connectivity index (χ2n) is 5.20. The van der Waals surface area contributed by atoms with Gasteiger partial charge in [-0.15, -0.1) is 0 Å². The number of halogens is 1. The van der Waals surface area contributed by atoms with Crippen LogP contribution in [0.25, 0.3) is 11.3 Å². The lowest BCUT2D eigenvalue weighted by Crippen LogP contribution is -2.04. The number of aromatic carboxylic acids is 1. The fourth-order valence-electron chi connectivity index (χ4n) is 2.04. The van der Waals surface area contributed by atoms with E-state index in [4.69, 9.17) is 4.52 Å². The van der Waals surface area contributed by atoms with E-state index in [1.807, 2.05) is 39.0 Å².